The van der Waals surface area contributed by atoms with E-state index in [1.165, 1.54) is 12.1 Å². The molecule has 0 aromatic heterocycles. The lowest BCUT2D eigenvalue weighted by Crippen LogP contribution is -2.45. The summed E-state index contributed by atoms with van der Waals surface area (Å²) in [5, 5.41) is 0.491. The Morgan fingerprint density at radius 3 is 2.90 bits per heavy atom. The summed E-state index contributed by atoms with van der Waals surface area (Å²) in [6, 6.07) is 4.64. The van der Waals surface area contributed by atoms with Crippen molar-refractivity contribution in [2.24, 2.45) is 5.73 Å². The van der Waals surface area contributed by atoms with Crippen LogP contribution in [0.15, 0.2) is 18.2 Å². The van der Waals surface area contributed by atoms with Gasteiger partial charge in [0, 0.05) is 36.8 Å². The van der Waals surface area contributed by atoms with E-state index in [2.05, 4.69) is 9.64 Å². The number of nitrogens with zero attached hydrogens (tertiary/aromatic N) is 1. The van der Waals surface area contributed by atoms with Gasteiger partial charge < -0.3 is 15.2 Å². The number of benzene rings is 1. The zero-order valence-electron chi connectivity index (χ0n) is 11.3. The van der Waals surface area contributed by atoms with Crippen LogP contribution in [0.3, 0.4) is 0 Å². The summed E-state index contributed by atoms with van der Waals surface area (Å²) >= 11 is 5.92. The van der Waals surface area contributed by atoms with Gasteiger partial charge in [-0.25, -0.2) is 0 Å². The molecule has 0 radical (unpaired) electrons. The number of alkyl halides is 2. The van der Waals surface area contributed by atoms with E-state index < -0.39 is 6.61 Å². The molecule has 120 valence electrons. The Labute approximate surface area is 133 Å². The molecule has 0 spiro atoms. The molecule has 0 saturated carbocycles. The normalized spacial score (nSPS) is 19.4. The first-order valence-electron chi connectivity index (χ1n) is 6.35. The Balaban J connectivity index is 0.00000220. The third kappa shape index (κ3) is 5.56. The molecule has 1 unspecified atom stereocenters. The maximum atomic E-state index is 12.4. The maximum absolute atomic E-state index is 12.4. The molecule has 1 aromatic rings. The van der Waals surface area contributed by atoms with Crippen molar-refractivity contribution in [2.75, 3.05) is 26.2 Å². The van der Waals surface area contributed by atoms with Gasteiger partial charge in [-0.2, -0.15) is 8.78 Å². The van der Waals surface area contributed by atoms with Crippen LogP contribution in [0.5, 0.6) is 5.75 Å². The van der Waals surface area contributed by atoms with Crippen molar-refractivity contribution in [3.05, 3.63) is 28.8 Å². The minimum atomic E-state index is -2.85. The minimum Gasteiger partial charge on any atom is -0.434 e. The molecule has 4 nitrogen and oxygen atoms in total. The van der Waals surface area contributed by atoms with Crippen molar-refractivity contribution < 1.29 is 18.3 Å². The smallest absolute Gasteiger partial charge is 0.387 e. The molecule has 1 heterocycles. The molecule has 1 fully saturated rings. The first kappa shape index (κ1) is 18.4. The average molecular weight is 343 g/mol. The monoisotopic (exact) mass is 342 g/mol. The van der Waals surface area contributed by atoms with E-state index in [-0.39, 0.29) is 24.3 Å². The van der Waals surface area contributed by atoms with Crippen LogP contribution in [0, 0.1) is 0 Å². The molecule has 1 atom stereocenters. The van der Waals surface area contributed by atoms with Gasteiger partial charge in [0.25, 0.3) is 0 Å². The van der Waals surface area contributed by atoms with E-state index in [4.69, 9.17) is 22.1 Å². The minimum absolute atomic E-state index is 0. The van der Waals surface area contributed by atoms with E-state index in [1.807, 2.05) is 0 Å². The van der Waals surface area contributed by atoms with E-state index >= 15 is 0 Å². The lowest BCUT2D eigenvalue weighted by molar-refractivity contribution is -0.0521. The third-order valence-corrected chi connectivity index (χ3v) is 3.35. The highest BCUT2D eigenvalue weighted by atomic mass is 35.5. The number of nitrogens with two attached hydrogens (primary N) is 1. The maximum Gasteiger partial charge on any atom is 0.387 e. The highest BCUT2D eigenvalue weighted by molar-refractivity contribution is 6.30. The fourth-order valence-electron chi connectivity index (χ4n) is 2.19. The molecule has 1 aliphatic rings. The van der Waals surface area contributed by atoms with Gasteiger partial charge in [-0.1, -0.05) is 11.6 Å². The van der Waals surface area contributed by atoms with E-state index in [9.17, 15) is 8.78 Å². The first-order valence-corrected chi connectivity index (χ1v) is 6.73. The molecular formula is C13H18Cl2F2N2O2. The van der Waals surface area contributed by atoms with Crippen LogP contribution < -0.4 is 10.5 Å². The molecule has 1 aromatic carbocycles. The topological polar surface area (TPSA) is 47.7 Å². The number of halogens is 4. The summed E-state index contributed by atoms with van der Waals surface area (Å²) in [5.74, 6) is 0.153. The highest BCUT2D eigenvalue weighted by Crippen LogP contribution is 2.26. The van der Waals surface area contributed by atoms with Gasteiger partial charge in [-0.15, -0.1) is 12.4 Å². The van der Waals surface area contributed by atoms with Crippen LogP contribution in [0.25, 0.3) is 0 Å². The Hall–Kier alpha value is -0.660. The molecule has 8 heteroatoms. The fourth-order valence-corrected chi connectivity index (χ4v) is 2.38. The average Bonchev–Trinajstić information content (AvgIpc) is 2.42. The second kappa shape index (κ2) is 8.70. The second-order valence-corrected chi connectivity index (χ2v) is 5.03. The van der Waals surface area contributed by atoms with Crippen LogP contribution in [0.1, 0.15) is 5.56 Å². The summed E-state index contributed by atoms with van der Waals surface area (Å²) in [4.78, 5) is 2.09. The largest absolute Gasteiger partial charge is 0.434 e. The van der Waals surface area contributed by atoms with Crippen LogP contribution >= 0.6 is 24.0 Å². The van der Waals surface area contributed by atoms with Crippen LogP contribution in [-0.4, -0.2) is 43.9 Å². The molecule has 21 heavy (non-hydrogen) atoms. The predicted octanol–water partition coefficient (Wildman–Crippen LogP) is 2.52. The van der Waals surface area contributed by atoms with E-state index in [1.54, 1.807) is 6.07 Å². The van der Waals surface area contributed by atoms with Gasteiger partial charge in [0.1, 0.15) is 5.75 Å². The number of rotatable bonds is 5. The molecule has 0 amide bonds. The van der Waals surface area contributed by atoms with Gasteiger partial charge >= 0.3 is 6.61 Å². The molecule has 1 aliphatic heterocycles. The van der Waals surface area contributed by atoms with Crippen molar-refractivity contribution in [1.29, 1.82) is 0 Å². The SMILES string of the molecule is Cl.NCC1CN(Cc2cc(Cl)ccc2OC(F)F)CCO1. The van der Waals surface area contributed by atoms with Gasteiger partial charge in [-0.05, 0) is 18.2 Å². The van der Waals surface area contributed by atoms with Crippen molar-refractivity contribution >= 4 is 24.0 Å². The Kier molecular flexibility index (Phi) is 7.62. The van der Waals surface area contributed by atoms with Crippen molar-refractivity contribution in [3.63, 3.8) is 0 Å². The van der Waals surface area contributed by atoms with Gasteiger partial charge in [0.15, 0.2) is 0 Å². The zero-order chi connectivity index (χ0) is 14.5. The van der Waals surface area contributed by atoms with Crippen molar-refractivity contribution in [2.45, 2.75) is 19.3 Å². The van der Waals surface area contributed by atoms with Crippen LogP contribution in [-0.2, 0) is 11.3 Å². The summed E-state index contributed by atoms with van der Waals surface area (Å²) in [5.41, 5.74) is 6.22. The lowest BCUT2D eigenvalue weighted by Gasteiger charge is -2.32. The molecule has 2 N–H and O–H groups in total. The summed E-state index contributed by atoms with van der Waals surface area (Å²) in [6.45, 7) is 0.0211. The molecule has 0 aliphatic carbocycles. The summed E-state index contributed by atoms with van der Waals surface area (Å²) in [7, 11) is 0. The van der Waals surface area contributed by atoms with Crippen molar-refractivity contribution in [1.82, 2.24) is 4.90 Å². The molecule has 2 rings (SSSR count). The van der Waals surface area contributed by atoms with E-state index in [0.29, 0.717) is 36.8 Å². The van der Waals surface area contributed by atoms with Crippen LogP contribution in [0.4, 0.5) is 8.78 Å². The van der Waals surface area contributed by atoms with Gasteiger partial charge in [-0.3, -0.25) is 4.90 Å². The third-order valence-electron chi connectivity index (χ3n) is 3.12. The number of ether oxygens (including phenoxy) is 2. The molecule has 1 saturated heterocycles. The number of hydrogen-bond donors (Lipinski definition) is 1. The Morgan fingerprint density at radius 2 is 2.24 bits per heavy atom. The Bertz CT molecular complexity index is 452. The van der Waals surface area contributed by atoms with Crippen molar-refractivity contribution in [3.8, 4) is 5.75 Å². The van der Waals surface area contributed by atoms with Gasteiger partial charge in [0.2, 0.25) is 0 Å². The molecular weight excluding hydrogens is 325 g/mol. The van der Waals surface area contributed by atoms with Gasteiger partial charge in [0.05, 0.1) is 12.7 Å². The second-order valence-electron chi connectivity index (χ2n) is 4.59. The number of hydrogen-bond acceptors (Lipinski definition) is 4. The highest BCUT2D eigenvalue weighted by Gasteiger charge is 2.21. The number of morpholine rings is 1. The quantitative estimate of drug-likeness (QED) is 0.893. The summed E-state index contributed by atoms with van der Waals surface area (Å²) < 4.78 is 34.8. The predicted molar refractivity (Wildman–Crippen MR) is 79.4 cm³/mol. The standard InChI is InChI=1S/C13H17ClF2N2O2.ClH/c14-10-1-2-12(20-13(15)16)9(5-10)7-18-3-4-19-11(6-17)8-18;/h1-2,5,11,13H,3-4,6-8,17H2;1H. The Morgan fingerprint density at radius 1 is 1.48 bits per heavy atom. The lowest BCUT2D eigenvalue weighted by atomic mass is 10.1. The summed E-state index contributed by atoms with van der Waals surface area (Å²) in [6.07, 6.45) is -0.0256. The molecule has 0 bridgehead atoms. The zero-order valence-corrected chi connectivity index (χ0v) is 12.9. The fraction of sp³-hybridized carbons (Fsp3) is 0.538. The van der Waals surface area contributed by atoms with E-state index in [0.717, 1.165) is 6.54 Å². The first-order chi connectivity index (χ1) is 9.58. The van der Waals surface area contributed by atoms with Crippen LogP contribution in [0.2, 0.25) is 5.02 Å².